The van der Waals surface area contributed by atoms with E-state index in [1.165, 1.54) is 12.3 Å². The lowest BCUT2D eigenvalue weighted by molar-refractivity contribution is -0.151. The van der Waals surface area contributed by atoms with Gasteiger partial charge in [0.05, 0.1) is 18.4 Å². The van der Waals surface area contributed by atoms with E-state index in [9.17, 15) is 14.7 Å². The van der Waals surface area contributed by atoms with Crippen molar-refractivity contribution in [2.24, 2.45) is 5.92 Å². The zero-order valence-corrected chi connectivity index (χ0v) is 9.83. The molecule has 18 heavy (non-hydrogen) atoms. The van der Waals surface area contributed by atoms with Crippen LogP contribution in [0.1, 0.15) is 19.8 Å². The third-order valence-corrected chi connectivity index (χ3v) is 2.73. The Balaban J connectivity index is 2.31. The fourth-order valence-electron chi connectivity index (χ4n) is 1.71. The lowest BCUT2D eigenvalue weighted by Gasteiger charge is -2.22. The second-order valence-electron chi connectivity index (χ2n) is 3.99. The van der Waals surface area contributed by atoms with Crippen LogP contribution in [0.3, 0.4) is 0 Å². The Morgan fingerprint density at radius 3 is 3.00 bits per heavy atom. The monoisotopic (exact) mass is 251 g/mol. The van der Waals surface area contributed by atoms with E-state index in [-0.39, 0.29) is 18.1 Å². The number of hydrogen-bond donors (Lipinski definition) is 1. The molecule has 6 nitrogen and oxygen atoms in total. The first-order chi connectivity index (χ1) is 8.61. The summed E-state index contributed by atoms with van der Waals surface area (Å²) in [5.74, 6) is -2.11. The second kappa shape index (κ2) is 5.14. The molecule has 0 radical (unpaired) electrons. The van der Waals surface area contributed by atoms with Crippen LogP contribution in [0, 0.1) is 5.92 Å². The number of ether oxygens (including phenoxy) is 2. The molecule has 1 aromatic rings. The fraction of sp³-hybridized carbons (Fsp3) is 0.417. The number of aliphatic hydroxyl groups excluding tert-OH is 1. The van der Waals surface area contributed by atoms with Crippen molar-refractivity contribution in [1.82, 2.24) is 4.98 Å². The molecule has 0 saturated carbocycles. The van der Waals surface area contributed by atoms with Crippen LogP contribution in [-0.2, 0) is 9.59 Å². The van der Waals surface area contributed by atoms with E-state index in [2.05, 4.69) is 4.98 Å². The van der Waals surface area contributed by atoms with Gasteiger partial charge < -0.3 is 14.6 Å². The van der Waals surface area contributed by atoms with Gasteiger partial charge in [0.1, 0.15) is 0 Å². The average molecular weight is 251 g/mol. The Bertz CT molecular complexity index is 473. The summed E-state index contributed by atoms with van der Waals surface area (Å²) in [4.78, 5) is 27.3. The van der Waals surface area contributed by atoms with Crippen molar-refractivity contribution >= 4 is 11.9 Å². The number of esters is 2. The summed E-state index contributed by atoms with van der Waals surface area (Å²) in [7, 11) is 0. The molecule has 0 amide bonds. The SMILES string of the molecule is CCC(O)C1CC(=O)Oc2cccnc2OC1=O. The van der Waals surface area contributed by atoms with Gasteiger partial charge >= 0.3 is 11.9 Å². The molecule has 1 N–H and O–H groups in total. The van der Waals surface area contributed by atoms with Gasteiger partial charge in [-0.15, -0.1) is 0 Å². The van der Waals surface area contributed by atoms with E-state index in [1.54, 1.807) is 13.0 Å². The molecule has 0 bridgehead atoms. The predicted molar refractivity (Wildman–Crippen MR) is 59.9 cm³/mol. The summed E-state index contributed by atoms with van der Waals surface area (Å²) in [6.07, 6.45) is 0.632. The molecule has 0 aromatic carbocycles. The maximum Gasteiger partial charge on any atom is 0.319 e. The molecule has 1 aliphatic heterocycles. The first-order valence-electron chi connectivity index (χ1n) is 5.67. The number of rotatable bonds is 2. The normalized spacial score (nSPS) is 21.1. The van der Waals surface area contributed by atoms with Crippen LogP contribution >= 0.6 is 0 Å². The Morgan fingerprint density at radius 2 is 2.28 bits per heavy atom. The van der Waals surface area contributed by atoms with Crippen molar-refractivity contribution in [2.75, 3.05) is 0 Å². The van der Waals surface area contributed by atoms with Crippen molar-refractivity contribution in [3.8, 4) is 11.6 Å². The van der Waals surface area contributed by atoms with Crippen molar-refractivity contribution in [1.29, 1.82) is 0 Å². The Hall–Kier alpha value is -1.95. The highest BCUT2D eigenvalue weighted by Crippen LogP contribution is 2.29. The van der Waals surface area contributed by atoms with E-state index in [4.69, 9.17) is 9.47 Å². The minimum absolute atomic E-state index is 0.0520. The number of fused-ring (bicyclic) bond motifs is 1. The van der Waals surface area contributed by atoms with Gasteiger partial charge in [-0.05, 0) is 18.6 Å². The summed E-state index contributed by atoms with van der Waals surface area (Å²) < 4.78 is 10.1. The van der Waals surface area contributed by atoms with Gasteiger partial charge in [-0.3, -0.25) is 9.59 Å². The van der Waals surface area contributed by atoms with Gasteiger partial charge in [-0.2, -0.15) is 0 Å². The van der Waals surface area contributed by atoms with Crippen LogP contribution in [0.5, 0.6) is 11.6 Å². The van der Waals surface area contributed by atoms with Gasteiger partial charge in [-0.25, -0.2) is 4.98 Å². The molecular weight excluding hydrogens is 238 g/mol. The molecule has 1 aromatic heterocycles. The summed E-state index contributed by atoms with van der Waals surface area (Å²) >= 11 is 0. The molecule has 2 atom stereocenters. The third-order valence-electron chi connectivity index (χ3n) is 2.73. The van der Waals surface area contributed by atoms with Crippen LogP contribution in [0.4, 0.5) is 0 Å². The van der Waals surface area contributed by atoms with Crippen LogP contribution in [0.2, 0.25) is 0 Å². The van der Waals surface area contributed by atoms with Gasteiger partial charge in [0.15, 0.2) is 5.75 Å². The molecule has 0 saturated heterocycles. The summed E-state index contributed by atoms with van der Waals surface area (Å²) in [5.41, 5.74) is 0. The standard InChI is InChI=1S/C12H13NO5/c1-2-8(14)7-6-10(15)17-9-4-3-5-13-11(9)18-12(7)16/h3-5,7-8,14H,2,6H2,1H3. The minimum Gasteiger partial charge on any atom is -0.421 e. The Labute approximate surface area is 104 Å². The van der Waals surface area contributed by atoms with Gasteiger partial charge in [0, 0.05) is 6.20 Å². The maximum absolute atomic E-state index is 11.8. The molecule has 1 aliphatic rings. The topological polar surface area (TPSA) is 85.7 Å². The molecule has 96 valence electrons. The van der Waals surface area contributed by atoms with Crippen molar-refractivity contribution in [3.05, 3.63) is 18.3 Å². The minimum atomic E-state index is -0.935. The number of carbonyl (C=O) groups is 2. The van der Waals surface area contributed by atoms with Crippen LogP contribution in [0.15, 0.2) is 18.3 Å². The summed E-state index contributed by atoms with van der Waals surface area (Å²) in [6.45, 7) is 1.72. The lowest BCUT2D eigenvalue weighted by atomic mass is 9.96. The highest BCUT2D eigenvalue weighted by molar-refractivity contribution is 5.84. The third kappa shape index (κ3) is 2.48. The van der Waals surface area contributed by atoms with Gasteiger partial charge in [0.25, 0.3) is 5.88 Å². The van der Waals surface area contributed by atoms with E-state index < -0.39 is 24.0 Å². The van der Waals surface area contributed by atoms with E-state index >= 15 is 0 Å². The van der Waals surface area contributed by atoms with E-state index in [0.29, 0.717) is 6.42 Å². The second-order valence-corrected chi connectivity index (χ2v) is 3.99. The number of hydrogen-bond acceptors (Lipinski definition) is 6. The maximum atomic E-state index is 11.8. The quantitative estimate of drug-likeness (QED) is 0.778. The van der Waals surface area contributed by atoms with Crippen molar-refractivity contribution in [2.45, 2.75) is 25.9 Å². The van der Waals surface area contributed by atoms with Gasteiger partial charge in [-0.1, -0.05) is 6.92 Å². The molecule has 6 heteroatoms. The summed E-state index contributed by atoms with van der Waals surface area (Å²) in [6, 6.07) is 3.06. The van der Waals surface area contributed by atoms with Crippen LogP contribution in [-0.4, -0.2) is 28.1 Å². The Kier molecular flexibility index (Phi) is 3.57. The predicted octanol–water partition coefficient (Wildman–Crippen LogP) is 0.683. The first-order valence-corrected chi connectivity index (χ1v) is 5.67. The molecular formula is C12H13NO5. The van der Waals surface area contributed by atoms with E-state index in [1.807, 2.05) is 0 Å². The lowest BCUT2D eigenvalue weighted by Crippen LogP contribution is -2.35. The Morgan fingerprint density at radius 1 is 1.50 bits per heavy atom. The van der Waals surface area contributed by atoms with Crippen LogP contribution < -0.4 is 9.47 Å². The fourth-order valence-corrected chi connectivity index (χ4v) is 1.71. The van der Waals surface area contributed by atoms with Crippen LogP contribution in [0.25, 0.3) is 0 Å². The smallest absolute Gasteiger partial charge is 0.319 e. The highest BCUT2D eigenvalue weighted by atomic mass is 16.6. The first kappa shape index (κ1) is 12.5. The average Bonchev–Trinajstić information content (AvgIpc) is 2.35. The molecule has 2 unspecified atom stereocenters. The molecule has 0 fully saturated rings. The van der Waals surface area contributed by atoms with Gasteiger partial charge in [0.2, 0.25) is 0 Å². The molecule has 0 aliphatic carbocycles. The molecule has 2 rings (SSSR count). The number of aliphatic hydroxyl groups is 1. The summed E-state index contributed by atoms with van der Waals surface area (Å²) in [5, 5.41) is 9.71. The highest BCUT2D eigenvalue weighted by Gasteiger charge is 2.34. The zero-order chi connectivity index (χ0) is 13.1. The number of pyridine rings is 1. The largest absolute Gasteiger partial charge is 0.421 e. The molecule has 2 heterocycles. The zero-order valence-electron chi connectivity index (χ0n) is 9.83. The number of aromatic nitrogens is 1. The van der Waals surface area contributed by atoms with Crippen molar-refractivity contribution < 1.29 is 24.2 Å². The van der Waals surface area contributed by atoms with E-state index in [0.717, 1.165) is 0 Å². The number of nitrogens with zero attached hydrogens (tertiary/aromatic N) is 1. The number of carbonyl (C=O) groups excluding carboxylic acids is 2. The van der Waals surface area contributed by atoms with Crippen molar-refractivity contribution in [3.63, 3.8) is 0 Å². The molecule has 0 spiro atoms.